The van der Waals surface area contributed by atoms with E-state index in [9.17, 15) is 14.4 Å². The summed E-state index contributed by atoms with van der Waals surface area (Å²) in [6.45, 7) is -0.411. The molecule has 0 atom stereocenters. The Morgan fingerprint density at radius 1 is 1.06 bits per heavy atom. The average molecular weight is 412 g/mol. The van der Waals surface area contributed by atoms with E-state index in [1.54, 1.807) is 60.7 Å². The minimum Gasteiger partial charge on any atom is -0.457 e. The fourth-order valence-electron chi connectivity index (χ4n) is 3.02. The summed E-state index contributed by atoms with van der Waals surface area (Å²) in [6.07, 6.45) is 1.41. The summed E-state index contributed by atoms with van der Waals surface area (Å²) in [5, 5.41) is 14.0. The Bertz CT molecular complexity index is 1220. The number of furan rings is 1. The van der Waals surface area contributed by atoms with Gasteiger partial charge in [-0.25, -0.2) is 9.69 Å². The van der Waals surface area contributed by atoms with Crippen LogP contribution in [0, 0.1) is 11.3 Å². The first-order valence-electron chi connectivity index (χ1n) is 9.33. The van der Waals surface area contributed by atoms with Crippen molar-refractivity contribution in [3.8, 4) is 17.4 Å². The van der Waals surface area contributed by atoms with Crippen LogP contribution in [0.2, 0.25) is 0 Å². The first kappa shape index (κ1) is 19.7. The van der Waals surface area contributed by atoms with Gasteiger partial charge in [-0.05, 0) is 48.5 Å². The molecule has 2 aromatic carbocycles. The third kappa shape index (κ3) is 4.36. The van der Waals surface area contributed by atoms with Gasteiger partial charge >= 0.3 is 6.03 Å². The molecule has 0 saturated carbocycles. The van der Waals surface area contributed by atoms with Crippen molar-refractivity contribution in [2.24, 2.45) is 0 Å². The number of urea groups is 1. The van der Waals surface area contributed by atoms with Crippen LogP contribution < -0.4 is 10.6 Å². The minimum atomic E-state index is -0.682. The second-order valence-electron chi connectivity index (χ2n) is 6.68. The van der Waals surface area contributed by atoms with Gasteiger partial charge in [0.25, 0.3) is 5.91 Å². The highest BCUT2D eigenvalue weighted by Gasteiger charge is 2.35. The van der Waals surface area contributed by atoms with Crippen molar-refractivity contribution in [1.82, 2.24) is 10.2 Å². The molecule has 1 aliphatic heterocycles. The number of anilines is 1. The van der Waals surface area contributed by atoms with Gasteiger partial charge in [0, 0.05) is 17.3 Å². The largest absolute Gasteiger partial charge is 0.457 e. The maximum absolute atomic E-state index is 12.6. The molecule has 1 aliphatic rings. The number of nitriles is 1. The smallest absolute Gasteiger partial charge is 0.329 e. The molecule has 1 saturated heterocycles. The van der Waals surface area contributed by atoms with Crippen LogP contribution in [0.25, 0.3) is 17.4 Å². The van der Waals surface area contributed by atoms with Gasteiger partial charge in [0.2, 0.25) is 5.91 Å². The van der Waals surface area contributed by atoms with Crippen LogP contribution in [0.3, 0.4) is 0 Å². The van der Waals surface area contributed by atoms with E-state index in [2.05, 4.69) is 10.6 Å². The number of carbonyl (C=O) groups excluding carboxylic acids is 3. The van der Waals surface area contributed by atoms with Crippen LogP contribution in [0.15, 0.2) is 76.8 Å². The van der Waals surface area contributed by atoms with Gasteiger partial charge < -0.3 is 15.1 Å². The normalized spacial score (nSPS) is 14.4. The third-order valence-corrected chi connectivity index (χ3v) is 4.53. The number of imide groups is 1. The summed E-state index contributed by atoms with van der Waals surface area (Å²) in [7, 11) is 0. The number of hydrogen-bond acceptors (Lipinski definition) is 5. The number of nitrogens with one attached hydrogen (secondary N) is 2. The number of para-hydroxylation sites is 1. The van der Waals surface area contributed by atoms with E-state index in [-0.39, 0.29) is 5.70 Å². The van der Waals surface area contributed by atoms with Crippen molar-refractivity contribution < 1.29 is 18.8 Å². The molecule has 0 spiro atoms. The molecule has 4 amide bonds. The Morgan fingerprint density at radius 3 is 2.52 bits per heavy atom. The molecule has 2 N–H and O–H groups in total. The summed E-state index contributed by atoms with van der Waals surface area (Å²) in [4.78, 5) is 37.8. The molecule has 0 radical (unpaired) electrons. The number of amides is 4. The fraction of sp³-hybridized carbons (Fsp3) is 0.0435. The van der Waals surface area contributed by atoms with Crippen LogP contribution in [0.5, 0.6) is 0 Å². The molecule has 152 valence electrons. The van der Waals surface area contributed by atoms with Crippen LogP contribution >= 0.6 is 0 Å². The van der Waals surface area contributed by atoms with Crippen molar-refractivity contribution in [3.05, 3.63) is 83.8 Å². The lowest BCUT2D eigenvalue weighted by atomic mass is 10.1. The minimum absolute atomic E-state index is 0.0123. The quantitative estimate of drug-likeness (QED) is 0.493. The van der Waals surface area contributed by atoms with E-state index in [1.807, 2.05) is 12.1 Å². The molecule has 3 aromatic rings. The molecule has 31 heavy (non-hydrogen) atoms. The van der Waals surface area contributed by atoms with Crippen molar-refractivity contribution >= 4 is 29.6 Å². The summed E-state index contributed by atoms with van der Waals surface area (Å²) in [5.41, 5.74) is 1.89. The average Bonchev–Trinajstić information content (AvgIpc) is 3.35. The lowest BCUT2D eigenvalue weighted by Gasteiger charge is -2.11. The van der Waals surface area contributed by atoms with E-state index in [1.165, 1.54) is 6.08 Å². The van der Waals surface area contributed by atoms with Crippen LogP contribution in [0.4, 0.5) is 10.5 Å². The molecule has 2 heterocycles. The zero-order valence-electron chi connectivity index (χ0n) is 16.2. The first-order chi connectivity index (χ1) is 15.0. The maximum Gasteiger partial charge on any atom is 0.329 e. The SMILES string of the molecule is N#Cc1ccc(-c2ccc(/C=C3\NC(=O)N(CC(=O)Nc4ccccc4)C3=O)o2)cc1. The lowest BCUT2D eigenvalue weighted by molar-refractivity contribution is -0.127. The van der Waals surface area contributed by atoms with E-state index < -0.39 is 24.4 Å². The highest BCUT2D eigenvalue weighted by atomic mass is 16.3. The van der Waals surface area contributed by atoms with Gasteiger partial charge in [0.1, 0.15) is 23.8 Å². The van der Waals surface area contributed by atoms with E-state index in [4.69, 9.17) is 9.68 Å². The second kappa shape index (κ2) is 8.39. The Morgan fingerprint density at radius 2 is 1.81 bits per heavy atom. The zero-order valence-corrected chi connectivity index (χ0v) is 16.2. The van der Waals surface area contributed by atoms with E-state index >= 15 is 0 Å². The summed E-state index contributed by atoms with van der Waals surface area (Å²) < 4.78 is 5.72. The lowest BCUT2D eigenvalue weighted by Crippen LogP contribution is -2.38. The molecule has 0 unspecified atom stereocenters. The molecule has 1 aromatic heterocycles. The number of nitrogens with zero attached hydrogens (tertiary/aromatic N) is 2. The summed E-state index contributed by atoms with van der Waals surface area (Å²) in [6, 6.07) is 20.4. The number of benzene rings is 2. The molecule has 0 bridgehead atoms. The molecule has 8 nitrogen and oxygen atoms in total. The first-order valence-corrected chi connectivity index (χ1v) is 9.33. The van der Waals surface area contributed by atoms with Gasteiger partial charge in [0.05, 0.1) is 11.6 Å². The Labute approximate surface area is 177 Å². The molecular weight excluding hydrogens is 396 g/mol. The summed E-state index contributed by atoms with van der Waals surface area (Å²) >= 11 is 0. The van der Waals surface area contributed by atoms with Gasteiger partial charge in [-0.15, -0.1) is 0 Å². The van der Waals surface area contributed by atoms with Crippen molar-refractivity contribution in [2.45, 2.75) is 0 Å². The topological polar surface area (TPSA) is 115 Å². The highest BCUT2D eigenvalue weighted by molar-refractivity contribution is 6.15. The standard InChI is InChI=1S/C23H16N4O4/c24-13-15-6-8-16(9-7-15)20-11-10-18(31-20)12-19-22(29)27(23(30)26-19)14-21(28)25-17-4-2-1-3-5-17/h1-12H,14H2,(H,25,28)(H,26,30)/b19-12-. The number of hydrogen-bond donors (Lipinski definition) is 2. The third-order valence-electron chi connectivity index (χ3n) is 4.53. The van der Waals surface area contributed by atoms with Gasteiger partial charge in [-0.3, -0.25) is 9.59 Å². The summed E-state index contributed by atoms with van der Waals surface area (Å²) in [5.74, 6) is -0.201. The van der Waals surface area contributed by atoms with Gasteiger partial charge in [-0.1, -0.05) is 18.2 Å². The Kier molecular flexibility index (Phi) is 5.32. The molecule has 0 aliphatic carbocycles. The number of carbonyl (C=O) groups is 3. The highest BCUT2D eigenvalue weighted by Crippen LogP contribution is 2.24. The van der Waals surface area contributed by atoms with Crippen molar-refractivity contribution in [2.75, 3.05) is 11.9 Å². The van der Waals surface area contributed by atoms with E-state index in [0.29, 0.717) is 22.8 Å². The maximum atomic E-state index is 12.6. The van der Waals surface area contributed by atoms with E-state index in [0.717, 1.165) is 10.5 Å². The Hall–Kier alpha value is -4.64. The second-order valence-corrected chi connectivity index (χ2v) is 6.68. The zero-order chi connectivity index (χ0) is 21.8. The molecule has 8 heteroatoms. The van der Waals surface area contributed by atoms with Gasteiger partial charge in [0.15, 0.2) is 0 Å². The number of rotatable bonds is 5. The molecule has 1 fully saturated rings. The monoisotopic (exact) mass is 412 g/mol. The van der Waals surface area contributed by atoms with Crippen LogP contribution in [-0.2, 0) is 9.59 Å². The Balaban J connectivity index is 1.45. The fourth-order valence-corrected chi connectivity index (χ4v) is 3.02. The molecule has 4 rings (SSSR count). The predicted molar refractivity (Wildman–Crippen MR) is 112 cm³/mol. The molecular formula is C23H16N4O4. The van der Waals surface area contributed by atoms with Crippen LogP contribution in [0.1, 0.15) is 11.3 Å². The van der Waals surface area contributed by atoms with Crippen molar-refractivity contribution in [1.29, 1.82) is 5.26 Å². The van der Waals surface area contributed by atoms with Crippen LogP contribution in [-0.4, -0.2) is 29.3 Å². The van der Waals surface area contributed by atoms with Crippen molar-refractivity contribution in [3.63, 3.8) is 0 Å². The predicted octanol–water partition coefficient (Wildman–Crippen LogP) is 3.35. The van der Waals surface area contributed by atoms with Gasteiger partial charge in [-0.2, -0.15) is 5.26 Å².